The summed E-state index contributed by atoms with van der Waals surface area (Å²) < 4.78 is 25.8. The lowest BCUT2D eigenvalue weighted by molar-refractivity contribution is -0.124. The summed E-state index contributed by atoms with van der Waals surface area (Å²) in [5, 5.41) is 6.87. The molecule has 206 valence electrons. The van der Waals surface area contributed by atoms with Crippen LogP contribution in [-0.4, -0.2) is 88.6 Å². The van der Waals surface area contributed by atoms with E-state index >= 15 is 4.39 Å². The minimum Gasteiger partial charge on any atom is -0.443 e. The Morgan fingerprint density at radius 2 is 2.05 bits per heavy atom. The molecule has 11 nitrogen and oxygen atoms in total. The number of oxazole rings is 1. The van der Waals surface area contributed by atoms with Gasteiger partial charge in [0.25, 0.3) is 0 Å². The predicted octanol–water partition coefficient (Wildman–Crippen LogP) is 3.85. The highest BCUT2D eigenvalue weighted by Crippen LogP contribution is 2.33. The first-order chi connectivity index (χ1) is 19.5. The maximum absolute atomic E-state index is 15.0. The van der Waals surface area contributed by atoms with Crippen molar-refractivity contribution in [2.24, 2.45) is 0 Å². The van der Waals surface area contributed by atoms with E-state index in [-0.39, 0.29) is 24.2 Å². The fourth-order valence-corrected chi connectivity index (χ4v) is 4.99. The van der Waals surface area contributed by atoms with Crippen LogP contribution in [-0.2, 0) is 9.53 Å². The van der Waals surface area contributed by atoms with Gasteiger partial charge in [0, 0.05) is 62.2 Å². The van der Waals surface area contributed by atoms with E-state index in [0.717, 1.165) is 37.9 Å². The summed E-state index contributed by atoms with van der Waals surface area (Å²) in [6.45, 7) is 3.62. The van der Waals surface area contributed by atoms with Gasteiger partial charge in [0.1, 0.15) is 17.3 Å². The number of fused-ring (bicyclic) bond motifs is 2. The maximum atomic E-state index is 15.0. The summed E-state index contributed by atoms with van der Waals surface area (Å²) >= 11 is 0. The summed E-state index contributed by atoms with van der Waals surface area (Å²) in [7, 11) is 3.67. The number of halogens is 1. The lowest BCUT2D eigenvalue weighted by atomic mass is 10.1. The summed E-state index contributed by atoms with van der Waals surface area (Å²) in [5.74, 6) is -0.496. The first-order valence-corrected chi connectivity index (χ1v) is 13.0. The van der Waals surface area contributed by atoms with E-state index in [9.17, 15) is 4.79 Å². The Kier molecular flexibility index (Phi) is 7.11. The molecule has 1 aliphatic heterocycles. The van der Waals surface area contributed by atoms with E-state index < -0.39 is 11.9 Å². The summed E-state index contributed by atoms with van der Waals surface area (Å²) in [6, 6.07) is 10.5. The second-order valence-corrected chi connectivity index (χ2v) is 9.78. The van der Waals surface area contributed by atoms with Gasteiger partial charge in [-0.1, -0.05) is 12.1 Å². The molecule has 0 saturated carbocycles. The van der Waals surface area contributed by atoms with Gasteiger partial charge in [-0.15, -0.1) is 0 Å². The van der Waals surface area contributed by atoms with Crippen LogP contribution in [0.3, 0.4) is 0 Å². The summed E-state index contributed by atoms with van der Waals surface area (Å²) in [4.78, 5) is 33.6. The topological polar surface area (TPSA) is 124 Å². The molecular formula is C28H29FN8O3. The number of piperazine rings is 1. The second-order valence-electron chi connectivity index (χ2n) is 9.78. The number of rotatable bonds is 8. The molecule has 1 atom stereocenters. The fraction of sp³-hybridized carbons (Fsp3) is 0.286. The van der Waals surface area contributed by atoms with E-state index in [1.807, 2.05) is 30.3 Å². The zero-order chi connectivity index (χ0) is 27.6. The molecule has 0 unspecified atom stereocenters. The zero-order valence-electron chi connectivity index (χ0n) is 22.1. The van der Waals surface area contributed by atoms with Gasteiger partial charge in [-0.3, -0.25) is 9.69 Å². The Balaban J connectivity index is 1.26. The van der Waals surface area contributed by atoms with E-state index in [0.29, 0.717) is 33.4 Å². The average molecular weight is 545 g/mol. The molecule has 1 amide bonds. The van der Waals surface area contributed by atoms with Gasteiger partial charge in [0.05, 0.1) is 24.0 Å². The number of methoxy groups -OCH3 is 1. The van der Waals surface area contributed by atoms with Gasteiger partial charge in [-0.05, 0) is 25.2 Å². The van der Waals surface area contributed by atoms with E-state index in [2.05, 4.69) is 47.4 Å². The molecule has 1 aliphatic rings. The summed E-state index contributed by atoms with van der Waals surface area (Å²) in [5.41, 5.74) is 3.95. The van der Waals surface area contributed by atoms with Crippen LogP contribution in [0, 0.1) is 5.82 Å². The molecule has 0 radical (unpaired) electrons. The Morgan fingerprint density at radius 3 is 2.88 bits per heavy atom. The minimum atomic E-state index is -0.568. The molecule has 0 bridgehead atoms. The third-order valence-electron chi connectivity index (χ3n) is 7.17. The van der Waals surface area contributed by atoms with E-state index in [4.69, 9.17) is 9.15 Å². The molecule has 40 heavy (non-hydrogen) atoms. The van der Waals surface area contributed by atoms with Crippen LogP contribution in [0.4, 0.5) is 21.7 Å². The number of nitrogens with one attached hydrogen (secondary N) is 3. The number of hydrogen-bond donors (Lipinski definition) is 3. The largest absolute Gasteiger partial charge is 0.443 e. The molecule has 3 aromatic heterocycles. The number of carbonyl (C=O) groups excluding carboxylic acids is 1. The Hall–Kier alpha value is -4.39. The molecule has 1 fully saturated rings. The molecule has 3 N–H and O–H groups in total. The van der Waals surface area contributed by atoms with Crippen LogP contribution in [0.1, 0.15) is 0 Å². The normalized spacial score (nSPS) is 15.5. The molecule has 5 aromatic rings. The molecule has 0 spiro atoms. The molecule has 2 aromatic carbocycles. The number of aromatic amines is 1. The zero-order valence-corrected chi connectivity index (χ0v) is 22.1. The lowest BCUT2D eigenvalue weighted by Crippen LogP contribution is -2.54. The number of carbonyl (C=O) groups is 1. The Morgan fingerprint density at radius 1 is 1.20 bits per heavy atom. The average Bonchev–Trinajstić information content (AvgIpc) is 3.61. The number of likely N-dealkylation sites (N-methyl/N-ethyl adjacent to an activating group) is 1. The van der Waals surface area contributed by atoms with Crippen molar-refractivity contribution in [3.05, 3.63) is 61.0 Å². The van der Waals surface area contributed by atoms with Crippen LogP contribution in [0.5, 0.6) is 0 Å². The van der Waals surface area contributed by atoms with Gasteiger partial charge in [-0.2, -0.15) is 0 Å². The van der Waals surface area contributed by atoms with E-state index in [1.54, 1.807) is 19.4 Å². The maximum Gasteiger partial charge on any atom is 0.244 e. The van der Waals surface area contributed by atoms with Crippen molar-refractivity contribution in [1.29, 1.82) is 0 Å². The van der Waals surface area contributed by atoms with Crippen molar-refractivity contribution < 1.29 is 18.3 Å². The molecule has 1 saturated heterocycles. The highest BCUT2D eigenvalue weighted by Gasteiger charge is 2.29. The smallest absolute Gasteiger partial charge is 0.244 e. The van der Waals surface area contributed by atoms with Crippen LogP contribution in [0.15, 0.2) is 59.6 Å². The summed E-state index contributed by atoms with van der Waals surface area (Å²) in [6.07, 6.45) is 4.19. The van der Waals surface area contributed by atoms with Gasteiger partial charge >= 0.3 is 0 Å². The number of H-pyrrole nitrogens is 1. The number of ether oxygens (including phenoxy) is 1. The number of anilines is 3. The van der Waals surface area contributed by atoms with Crippen LogP contribution in [0.25, 0.3) is 33.3 Å². The number of aromatic nitrogens is 4. The highest BCUT2D eigenvalue weighted by atomic mass is 19.1. The number of amides is 1. The quantitative estimate of drug-likeness (QED) is 0.267. The van der Waals surface area contributed by atoms with E-state index in [1.165, 1.54) is 6.39 Å². The minimum absolute atomic E-state index is 0.127. The number of nitrogens with zero attached hydrogens (tertiary/aromatic N) is 5. The monoisotopic (exact) mass is 544 g/mol. The van der Waals surface area contributed by atoms with Crippen molar-refractivity contribution in [3.8, 4) is 11.3 Å². The number of benzene rings is 2. The number of para-hydroxylation sites is 1. The highest BCUT2D eigenvalue weighted by molar-refractivity contribution is 6.06. The second kappa shape index (κ2) is 11.0. The lowest BCUT2D eigenvalue weighted by Gasteiger charge is -2.36. The standard InChI is InChI=1S/C28H29FN8O3/c1-36-8-10-37(11-9-36)23(15-39-2)27(38)34-22-5-3-4-18-19(13-30-26(18)22)25-20(29)14-31-28(35-25)33-17-6-7-21-24(12-17)40-16-32-21/h3-7,12-14,16,23,30H,8-11,15H2,1-2H3,(H,34,38)(H,31,33,35)/t23-/m1/s1. The Bertz CT molecular complexity index is 1660. The van der Waals surface area contributed by atoms with Crippen molar-refractivity contribution >= 4 is 45.2 Å². The van der Waals surface area contributed by atoms with Crippen molar-refractivity contribution in [2.75, 3.05) is 57.6 Å². The van der Waals surface area contributed by atoms with Crippen molar-refractivity contribution in [2.45, 2.75) is 6.04 Å². The van der Waals surface area contributed by atoms with Crippen molar-refractivity contribution in [1.82, 2.24) is 29.7 Å². The molecule has 4 heterocycles. The van der Waals surface area contributed by atoms with Crippen LogP contribution >= 0.6 is 0 Å². The van der Waals surface area contributed by atoms with Gasteiger partial charge in [0.2, 0.25) is 11.9 Å². The first-order valence-electron chi connectivity index (χ1n) is 13.0. The molecule has 0 aliphatic carbocycles. The molecular weight excluding hydrogens is 515 g/mol. The van der Waals surface area contributed by atoms with Crippen LogP contribution in [0.2, 0.25) is 0 Å². The van der Waals surface area contributed by atoms with Crippen molar-refractivity contribution in [3.63, 3.8) is 0 Å². The van der Waals surface area contributed by atoms with Gasteiger partial charge < -0.3 is 29.7 Å². The first kappa shape index (κ1) is 25.9. The fourth-order valence-electron chi connectivity index (χ4n) is 4.99. The van der Waals surface area contributed by atoms with Crippen LogP contribution < -0.4 is 10.6 Å². The number of hydrogen-bond acceptors (Lipinski definition) is 9. The molecule has 6 rings (SSSR count). The van der Waals surface area contributed by atoms with Gasteiger partial charge in [-0.25, -0.2) is 19.3 Å². The SMILES string of the molecule is COC[C@H](C(=O)Nc1cccc2c(-c3nc(Nc4ccc5ncoc5c4)ncc3F)c[nH]c12)N1CCN(C)CC1. The third-order valence-corrected chi connectivity index (χ3v) is 7.17. The Labute approximate surface area is 229 Å². The predicted molar refractivity (Wildman–Crippen MR) is 150 cm³/mol. The van der Waals surface area contributed by atoms with Gasteiger partial charge in [0.15, 0.2) is 17.8 Å². The third kappa shape index (κ3) is 5.11. The molecule has 12 heteroatoms.